The van der Waals surface area contributed by atoms with Crippen LogP contribution in [0, 0.1) is 20.2 Å². The van der Waals surface area contributed by atoms with Gasteiger partial charge in [0.25, 0.3) is 11.4 Å². The van der Waals surface area contributed by atoms with Crippen LogP contribution in [0.25, 0.3) is 0 Å². The second-order valence-corrected chi connectivity index (χ2v) is 4.62. The van der Waals surface area contributed by atoms with Crippen molar-refractivity contribution >= 4 is 17.3 Å². The van der Waals surface area contributed by atoms with Crippen LogP contribution in [-0.4, -0.2) is 15.8 Å². The lowest BCUT2D eigenvalue weighted by Crippen LogP contribution is -2.26. The van der Waals surface area contributed by atoms with E-state index in [9.17, 15) is 25.0 Å². The van der Waals surface area contributed by atoms with Gasteiger partial charge in [0, 0.05) is 12.5 Å². The summed E-state index contributed by atoms with van der Waals surface area (Å²) in [6.45, 7) is 0. The van der Waals surface area contributed by atoms with Gasteiger partial charge in [0.05, 0.1) is 27.5 Å². The number of rotatable bonds is 3. The molecule has 0 spiro atoms. The van der Waals surface area contributed by atoms with Gasteiger partial charge in [-0.15, -0.1) is 0 Å². The molecule has 1 N–H and O–H groups in total. The number of hydrogen-bond donors (Lipinski definition) is 1. The molecule has 1 heterocycles. The van der Waals surface area contributed by atoms with Crippen LogP contribution < -0.4 is 5.32 Å². The van der Waals surface area contributed by atoms with Crippen LogP contribution in [0.1, 0.15) is 37.3 Å². The molecular formula is C12H13N3O5. The zero-order valence-electron chi connectivity index (χ0n) is 10.6. The minimum atomic E-state index is -0.678. The highest BCUT2D eigenvalue weighted by Gasteiger charge is 2.27. The lowest BCUT2D eigenvalue weighted by atomic mass is 10.00. The summed E-state index contributed by atoms with van der Waals surface area (Å²) in [5.41, 5.74) is -0.345. The van der Waals surface area contributed by atoms with E-state index in [4.69, 9.17) is 0 Å². The largest absolute Gasteiger partial charge is 0.349 e. The van der Waals surface area contributed by atoms with E-state index in [1.54, 1.807) is 0 Å². The number of nitrogens with one attached hydrogen (secondary N) is 1. The second kappa shape index (κ2) is 5.64. The van der Waals surface area contributed by atoms with Gasteiger partial charge in [-0.05, 0) is 18.9 Å². The summed E-state index contributed by atoms with van der Waals surface area (Å²) in [7, 11) is 0. The summed E-state index contributed by atoms with van der Waals surface area (Å²) in [6.07, 6.45) is 2.50. The maximum Gasteiger partial charge on any atom is 0.281 e. The number of carbonyl (C=O) groups is 1. The van der Waals surface area contributed by atoms with Gasteiger partial charge in [-0.1, -0.05) is 6.42 Å². The zero-order valence-corrected chi connectivity index (χ0v) is 10.6. The van der Waals surface area contributed by atoms with E-state index >= 15 is 0 Å². The minimum absolute atomic E-state index is 0.153. The molecule has 1 saturated heterocycles. The molecule has 8 heteroatoms. The molecule has 1 unspecified atom stereocenters. The Kier molecular flexibility index (Phi) is 3.92. The van der Waals surface area contributed by atoms with Crippen molar-refractivity contribution in [2.24, 2.45) is 0 Å². The molecule has 0 aliphatic carbocycles. The average molecular weight is 279 g/mol. The number of nitrogens with zero attached hydrogens (tertiary/aromatic N) is 2. The van der Waals surface area contributed by atoms with Crippen molar-refractivity contribution in [3.8, 4) is 0 Å². The van der Waals surface area contributed by atoms with E-state index in [1.807, 2.05) is 0 Å². The highest BCUT2D eigenvalue weighted by molar-refractivity contribution is 5.77. The van der Waals surface area contributed by atoms with Crippen LogP contribution in [0.3, 0.4) is 0 Å². The Balaban J connectivity index is 2.41. The van der Waals surface area contributed by atoms with E-state index in [0.717, 1.165) is 18.9 Å². The summed E-state index contributed by atoms with van der Waals surface area (Å²) >= 11 is 0. The van der Waals surface area contributed by atoms with Gasteiger partial charge < -0.3 is 5.32 Å². The molecule has 1 aromatic rings. The molecule has 20 heavy (non-hydrogen) atoms. The third-order valence-corrected chi connectivity index (χ3v) is 3.28. The topological polar surface area (TPSA) is 115 Å². The predicted molar refractivity (Wildman–Crippen MR) is 69.1 cm³/mol. The third kappa shape index (κ3) is 2.90. The van der Waals surface area contributed by atoms with Crippen molar-refractivity contribution in [2.75, 3.05) is 0 Å². The van der Waals surface area contributed by atoms with E-state index in [0.29, 0.717) is 18.4 Å². The quantitative estimate of drug-likeness (QED) is 0.672. The summed E-state index contributed by atoms with van der Waals surface area (Å²) in [5.74, 6) is -0.153. The zero-order chi connectivity index (χ0) is 14.7. The standard InChI is InChI=1S/C12H13N3O5/c16-12-4-2-1-3-10(13-12)9-6-5-8(14(17)18)7-11(9)15(19)20/h5-7,10H,1-4H2,(H,13,16). The van der Waals surface area contributed by atoms with E-state index in [-0.39, 0.29) is 17.3 Å². The molecule has 0 aromatic heterocycles. The first-order chi connectivity index (χ1) is 9.49. The number of carbonyl (C=O) groups excluding carboxylic acids is 1. The SMILES string of the molecule is O=C1CCCCC(c2ccc([N+](=O)[O-])cc2[N+](=O)[O-])N1. The van der Waals surface area contributed by atoms with Crippen molar-refractivity contribution in [3.63, 3.8) is 0 Å². The number of nitro benzene ring substituents is 2. The molecule has 1 fully saturated rings. The minimum Gasteiger partial charge on any atom is -0.349 e. The molecule has 1 atom stereocenters. The maximum absolute atomic E-state index is 11.5. The van der Waals surface area contributed by atoms with Crippen LogP contribution in [0.4, 0.5) is 11.4 Å². The Morgan fingerprint density at radius 2 is 1.90 bits per heavy atom. The molecule has 0 saturated carbocycles. The second-order valence-electron chi connectivity index (χ2n) is 4.62. The molecule has 106 valence electrons. The van der Waals surface area contributed by atoms with Gasteiger partial charge in [0.1, 0.15) is 0 Å². The smallest absolute Gasteiger partial charge is 0.281 e. The Morgan fingerprint density at radius 1 is 1.15 bits per heavy atom. The van der Waals surface area contributed by atoms with Crippen LogP contribution in [0.2, 0.25) is 0 Å². The summed E-state index contributed by atoms with van der Waals surface area (Å²) < 4.78 is 0. The van der Waals surface area contributed by atoms with Gasteiger partial charge in [-0.3, -0.25) is 25.0 Å². The Labute approximate surface area is 114 Å². The summed E-state index contributed by atoms with van der Waals surface area (Å²) in [5, 5.41) is 24.5. The number of non-ortho nitro benzene ring substituents is 1. The molecule has 8 nitrogen and oxygen atoms in total. The molecule has 1 aliphatic heterocycles. The lowest BCUT2D eigenvalue weighted by Gasteiger charge is -2.16. The fourth-order valence-electron chi connectivity index (χ4n) is 2.30. The Bertz CT molecular complexity index is 572. The number of benzene rings is 1. The van der Waals surface area contributed by atoms with Crippen molar-refractivity contribution in [1.29, 1.82) is 0 Å². The van der Waals surface area contributed by atoms with E-state index in [1.165, 1.54) is 12.1 Å². The highest BCUT2D eigenvalue weighted by atomic mass is 16.6. The molecule has 1 aliphatic rings. The average Bonchev–Trinajstić information content (AvgIpc) is 2.62. The first-order valence-corrected chi connectivity index (χ1v) is 6.21. The van der Waals surface area contributed by atoms with Crippen LogP contribution in [0.15, 0.2) is 18.2 Å². The number of nitro groups is 2. The van der Waals surface area contributed by atoms with Crippen molar-refractivity contribution < 1.29 is 14.6 Å². The van der Waals surface area contributed by atoms with Gasteiger partial charge in [-0.25, -0.2) is 0 Å². The molecule has 2 rings (SSSR count). The predicted octanol–water partition coefficient (Wildman–Crippen LogP) is 2.23. The first kappa shape index (κ1) is 13.9. The fourth-order valence-corrected chi connectivity index (χ4v) is 2.30. The van der Waals surface area contributed by atoms with Gasteiger partial charge in [-0.2, -0.15) is 0 Å². The molecule has 0 radical (unpaired) electrons. The van der Waals surface area contributed by atoms with Crippen molar-refractivity contribution in [1.82, 2.24) is 5.32 Å². The van der Waals surface area contributed by atoms with Gasteiger partial charge in [0.15, 0.2) is 0 Å². The van der Waals surface area contributed by atoms with E-state index < -0.39 is 15.9 Å². The molecule has 1 aromatic carbocycles. The molecule has 0 bridgehead atoms. The monoisotopic (exact) mass is 279 g/mol. The van der Waals surface area contributed by atoms with Gasteiger partial charge in [0.2, 0.25) is 5.91 Å². The summed E-state index contributed by atoms with van der Waals surface area (Å²) in [4.78, 5) is 32.0. The number of amides is 1. The Morgan fingerprint density at radius 3 is 2.55 bits per heavy atom. The van der Waals surface area contributed by atoms with Crippen LogP contribution in [-0.2, 0) is 4.79 Å². The lowest BCUT2D eigenvalue weighted by molar-refractivity contribution is -0.394. The Hall–Kier alpha value is -2.51. The maximum atomic E-state index is 11.5. The van der Waals surface area contributed by atoms with Crippen molar-refractivity contribution in [2.45, 2.75) is 31.7 Å². The fraction of sp³-hybridized carbons (Fsp3) is 0.417. The first-order valence-electron chi connectivity index (χ1n) is 6.21. The number of hydrogen-bond acceptors (Lipinski definition) is 5. The molecular weight excluding hydrogens is 266 g/mol. The molecule has 1 amide bonds. The normalized spacial score (nSPS) is 19.0. The third-order valence-electron chi connectivity index (χ3n) is 3.28. The highest BCUT2D eigenvalue weighted by Crippen LogP contribution is 2.32. The van der Waals surface area contributed by atoms with Gasteiger partial charge >= 0.3 is 0 Å². The van der Waals surface area contributed by atoms with Crippen LogP contribution >= 0.6 is 0 Å². The van der Waals surface area contributed by atoms with Crippen LogP contribution in [0.5, 0.6) is 0 Å². The van der Waals surface area contributed by atoms with Crippen molar-refractivity contribution in [3.05, 3.63) is 44.0 Å². The summed E-state index contributed by atoms with van der Waals surface area (Å²) in [6, 6.07) is 3.05. The van der Waals surface area contributed by atoms with E-state index in [2.05, 4.69) is 5.32 Å².